The van der Waals surface area contributed by atoms with Gasteiger partial charge in [0.15, 0.2) is 11.5 Å². The van der Waals surface area contributed by atoms with Crippen molar-refractivity contribution >= 4 is 41.4 Å². The summed E-state index contributed by atoms with van der Waals surface area (Å²) in [6, 6.07) is 12.9. The molecule has 19 nitrogen and oxygen atoms in total. The van der Waals surface area contributed by atoms with Gasteiger partial charge >= 0.3 is 0 Å². The van der Waals surface area contributed by atoms with Gasteiger partial charge in [0, 0.05) is 68.4 Å². The lowest BCUT2D eigenvalue weighted by Crippen LogP contribution is -2.32. The monoisotopic (exact) mass is 1060 g/mol. The first-order valence-corrected chi connectivity index (χ1v) is 26.2. The number of ketones is 1. The van der Waals surface area contributed by atoms with Crippen LogP contribution in [0.3, 0.4) is 0 Å². The maximum absolute atomic E-state index is 13.6. The number of hydrogen-bond acceptors (Lipinski definition) is 16. The molecule has 0 saturated carbocycles. The van der Waals surface area contributed by atoms with Gasteiger partial charge in [-0.05, 0) is 87.1 Å². The molecule has 3 aromatic carbocycles. The van der Waals surface area contributed by atoms with Gasteiger partial charge < -0.3 is 52.4 Å². The van der Waals surface area contributed by atoms with E-state index in [-0.39, 0.29) is 42.9 Å². The van der Waals surface area contributed by atoms with Crippen molar-refractivity contribution in [2.45, 2.75) is 91.1 Å². The Morgan fingerprint density at radius 2 is 1.16 bits per heavy atom. The molecule has 0 saturated heterocycles. The first kappa shape index (κ1) is 56.2. The van der Waals surface area contributed by atoms with E-state index in [0.29, 0.717) is 157 Å². The Hall–Kier alpha value is -7.05. The third kappa shape index (κ3) is 15.8. The molecule has 77 heavy (non-hydrogen) atoms. The molecule has 4 aliphatic heterocycles. The van der Waals surface area contributed by atoms with E-state index < -0.39 is 0 Å². The normalized spacial score (nSPS) is 16.3. The van der Waals surface area contributed by atoms with E-state index in [1.165, 1.54) is 0 Å². The largest absolute Gasteiger partial charge is 0.493 e. The third-order valence-corrected chi connectivity index (χ3v) is 13.1. The van der Waals surface area contributed by atoms with Gasteiger partial charge in [0.2, 0.25) is 0 Å². The molecule has 8 rings (SSSR count). The molecule has 0 bridgehead atoms. The van der Waals surface area contributed by atoms with Crippen molar-refractivity contribution in [3.8, 4) is 40.8 Å². The smallest absolute Gasteiger partial charge is 0.260 e. The molecule has 408 valence electrons. The molecule has 4 aromatic rings. The second kappa shape index (κ2) is 28.4. The van der Waals surface area contributed by atoms with Crippen LogP contribution in [0.5, 0.6) is 17.2 Å². The van der Waals surface area contributed by atoms with Crippen molar-refractivity contribution in [1.82, 2.24) is 24.8 Å². The number of rotatable bonds is 32. The lowest BCUT2D eigenvalue weighted by Gasteiger charge is -2.19. The van der Waals surface area contributed by atoms with Crippen molar-refractivity contribution in [1.29, 1.82) is 0 Å². The van der Waals surface area contributed by atoms with Crippen molar-refractivity contribution in [2.75, 3.05) is 86.4 Å². The number of fused-ring (bicyclic) bond motifs is 4. The van der Waals surface area contributed by atoms with Gasteiger partial charge in [0.1, 0.15) is 30.4 Å². The fourth-order valence-corrected chi connectivity index (χ4v) is 9.12. The van der Waals surface area contributed by atoms with Crippen molar-refractivity contribution < 1.29 is 57.0 Å². The number of hydrogen-bond donors (Lipinski definition) is 0. The lowest BCUT2D eigenvalue weighted by molar-refractivity contribution is -0.119. The van der Waals surface area contributed by atoms with Gasteiger partial charge in [0.25, 0.3) is 11.8 Å². The number of carbonyl (C=O) groups excluding carboxylic acids is 3. The van der Waals surface area contributed by atoms with Gasteiger partial charge in [-0.1, -0.05) is 16.4 Å². The molecule has 0 unspecified atom stereocenters. The molecule has 0 fully saturated rings. The number of aliphatic imine (C=N–C) groups is 2. The summed E-state index contributed by atoms with van der Waals surface area (Å²) in [7, 11) is 1.55. The predicted molar refractivity (Wildman–Crippen MR) is 288 cm³/mol. The maximum atomic E-state index is 13.6. The van der Waals surface area contributed by atoms with E-state index in [1.54, 1.807) is 33.7 Å². The maximum Gasteiger partial charge on any atom is 0.260 e. The van der Waals surface area contributed by atoms with Crippen LogP contribution in [0.25, 0.3) is 11.3 Å². The topological polar surface area (TPSA) is 196 Å². The minimum absolute atomic E-state index is 0.0800. The fourth-order valence-electron chi connectivity index (χ4n) is 9.12. The number of methoxy groups -OCH3 is 1. The molecule has 2 amide bonds. The highest BCUT2D eigenvalue weighted by Gasteiger charge is 2.33. The Labute approximate surface area is 450 Å². The van der Waals surface area contributed by atoms with Gasteiger partial charge in [0.05, 0.1) is 127 Å². The Morgan fingerprint density at radius 3 is 1.71 bits per heavy atom. The fraction of sp³-hybridized carbons (Fsp3) is 0.466. The number of nitrogens with zero attached hydrogens (tertiary/aromatic N) is 7. The number of carbonyl (C=O) groups is 3. The summed E-state index contributed by atoms with van der Waals surface area (Å²) in [6.45, 7) is 12.1. The number of amides is 2. The van der Waals surface area contributed by atoms with Crippen molar-refractivity contribution in [3.63, 3.8) is 0 Å². The van der Waals surface area contributed by atoms with Crippen LogP contribution in [0.2, 0.25) is 0 Å². The molecule has 1 aromatic heterocycles. The summed E-state index contributed by atoms with van der Waals surface area (Å²) in [5, 5.41) is 8.91. The number of terminal acetylenes is 1. The van der Waals surface area contributed by atoms with E-state index in [2.05, 4.69) is 16.2 Å². The summed E-state index contributed by atoms with van der Waals surface area (Å²) >= 11 is 0. The van der Waals surface area contributed by atoms with Crippen LogP contribution in [0.4, 0.5) is 11.4 Å². The number of ether oxygens (including phenoxy) is 9. The highest BCUT2D eigenvalue weighted by molar-refractivity contribution is 6.05. The lowest BCUT2D eigenvalue weighted by atomic mass is 10.0. The Bertz CT molecular complexity index is 2870. The zero-order valence-corrected chi connectivity index (χ0v) is 44.5. The van der Waals surface area contributed by atoms with E-state index in [4.69, 9.17) is 59.0 Å². The van der Waals surface area contributed by atoms with Crippen LogP contribution in [0.15, 0.2) is 82.2 Å². The average molecular weight is 1060 g/mol. The molecule has 5 heterocycles. The molecule has 4 aliphatic rings. The second-order valence-corrected chi connectivity index (χ2v) is 19.1. The first-order valence-electron chi connectivity index (χ1n) is 26.2. The Balaban J connectivity index is 0.800. The van der Waals surface area contributed by atoms with Crippen LogP contribution in [-0.2, 0) is 53.0 Å². The van der Waals surface area contributed by atoms with E-state index in [9.17, 15) is 14.4 Å². The number of Topliss-reactive ketones (excluding diaryl/α,β-unsaturated/α-hetero) is 1. The Kier molecular flexibility index (Phi) is 20.7. The zero-order valence-electron chi connectivity index (χ0n) is 44.5. The van der Waals surface area contributed by atoms with Gasteiger partial charge in [-0.2, -0.15) is 0 Å². The van der Waals surface area contributed by atoms with Crippen LogP contribution in [0, 0.1) is 19.3 Å². The molecule has 0 N–H and O–H groups in total. The Morgan fingerprint density at radius 1 is 0.636 bits per heavy atom. The molecule has 2 atom stereocenters. The van der Waals surface area contributed by atoms with Gasteiger partial charge in [-0.3, -0.25) is 24.4 Å². The van der Waals surface area contributed by atoms with E-state index >= 15 is 0 Å². The molecule has 0 aliphatic carbocycles. The predicted octanol–water partition coefficient (Wildman–Crippen LogP) is 7.95. The minimum Gasteiger partial charge on any atom is -0.493 e. The summed E-state index contributed by atoms with van der Waals surface area (Å²) in [4.78, 5) is 51.7. The van der Waals surface area contributed by atoms with E-state index in [1.807, 2.05) is 82.1 Å². The summed E-state index contributed by atoms with van der Waals surface area (Å²) in [6.07, 6.45) is 18.1. The number of aromatic nitrogens is 3. The van der Waals surface area contributed by atoms with Gasteiger partial charge in [-0.25, -0.2) is 4.68 Å². The van der Waals surface area contributed by atoms with Crippen molar-refractivity contribution in [3.05, 3.63) is 100 Å². The van der Waals surface area contributed by atoms with Crippen LogP contribution in [0.1, 0.15) is 89.8 Å². The number of benzene rings is 3. The highest BCUT2D eigenvalue weighted by atomic mass is 16.6. The first-order chi connectivity index (χ1) is 37.6. The minimum atomic E-state index is -0.141. The highest BCUT2D eigenvalue weighted by Crippen LogP contribution is 2.40. The summed E-state index contributed by atoms with van der Waals surface area (Å²) in [5.41, 5.74) is 8.23. The second-order valence-electron chi connectivity index (χ2n) is 19.1. The SMILES string of the molecule is C#CCCC(=O)CCCOCCOCCOCCOCCOCCOCCn1cc(-c2cc(COc3cc4c(cc3C)C(=O)N3C=C(C)C[C@H]3C=N4)cc(COc3cc4c(cc3OC)C(=O)N3C=C(C)C[C@H]3C=N4)c2)nn1. The van der Waals surface area contributed by atoms with Gasteiger partial charge in [-0.15, -0.1) is 17.4 Å². The summed E-state index contributed by atoms with van der Waals surface area (Å²) in [5.74, 6) is 3.90. The summed E-state index contributed by atoms with van der Waals surface area (Å²) < 4.78 is 54.1. The molecule has 19 heteroatoms. The molecule has 0 radical (unpaired) electrons. The van der Waals surface area contributed by atoms with Crippen LogP contribution >= 0.6 is 0 Å². The molecular weight excluding hydrogens is 987 g/mol. The van der Waals surface area contributed by atoms with Crippen LogP contribution < -0.4 is 14.2 Å². The zero-order chi connectivity index (χ0) is 53.9. The molecule has 0 spiro atoms. The third-order valence-electron chi connectivity index (χ3n) is 13.1. The number of aryl methyl sites for hydroxylation is 1. The quantitative estimate of drug-likeness (QED) is 0.0338. The molecular formula is C58H69N7O12. The standard InChI is InChI=1S/C58H69N7O12/c1-6-7-9-48(66)10-8-12-70-14-16-72-18-20-74-22-23-75-21-19-73-17-15-71-13-11-63-37-53(61-62-63)45-28-43(38-76-54-31-51-49(26-42(54)4)57(67)64-35-40(2)24-46(64)33-59-51)27-44(29-45)39-77-56-32-52-50(30-55(56)69-5)58(68)65-36-41(3)25-47(65)34-60-52/h1,26-37,46-47H,7-25,38-39H2,2-5H3/t46-,47-/m0/s1. The van der Waals surface area contributed by atoms with E-state index in [0.717, 1.165) is 46.2 Å². The van der Waals surface area contributed by atoms with Crippen molar-refractivity contribution in [2.24, 2.45) is 9.98 Å². The van der Waals surface area contributed by atoms with Crippen LogP contribution in [-0.4, -0.2) is 153 Å². The average Bonchev–Trinajstić information content (AvgIpc) is 4.15.